The molecule has 0 saturated carbocycles. The van der Waals surface area contributed by atoms with Gasteiger partial charge in [0.25, 0.3) is 0 Å². The van der Waals surface area contributed by atoms with Gasteiger partial charge in [-0.15, -0.1) is 11.3 Å². The van der Waals surface area contributed by atoms with Crippen molar-refractivity contribution in [1.29, 1.82) is 0 Å². The second kappa shape index (κ2) is 7.48. The minimum Gasteiger partial charge on any atom is -0.391 e. The predicted molar refractivity (Wildman–Crippen MR) is 102 cm³/mol. The normalized spacial score (nSPS) is 24.8. The number of carbonyl (C=O) groups is 1. The van der Waals surface area contributed by atoms with E-state index in [2.05, 4.69) is 21.7 Å². The van der Waals surface area contributed by atoms with Crippen LogP contribution >= 0.6 is 11.3 Å². The number of amides is 1. The molecule has 6 heteroatoms. The largest absolute Gasteiger partial charge is 0.391 e. The molecule has 3 N–H and O–H groups in total. The minimum atomic E-state index is -0.594. The van der Waals surface area contributed by atoms with E-state index in [1.54, 1.807) is 11.3 Å². The molecule has 3 heterocycles. The number of fused-ring (bicyclic) bond motifs is 1. The Hall–Kier alpha value is -1.73. The van der Waals surface area contributed by atoms with Gasteiger partial charge in [0.2, 0.25) is 5.91 Å². The number of hydrogen-bond acceptors (Lipinski definition) is 5. The predicted octanol–water partition coefficient (Wildman–Crippen LogP) is 2.52. The number of aliphatic hydroxyl groups is 2. The number of aryl methyl sites for hydroxylation is 1. The highest BCUT2D eigenvalue weighted by atomic mass is 32.1. The number of hydrogen-bond donors (Lipinski definition) is 3. The number of rotatable bonds is 4. The van der Waals surface area contributed by atoms with E-state index >= 15 is 0 Å². The van der Waals surface area contributed by atoms with Gasteiger partial charge >= 0.3 is 0 Å². The van der Waals surface area contributed by atoms with Crippen molar-refractivity contribution in [2.75, 3.05) is 25.0 Å². The highest BCUT2D eigenvalue weighted by molar-refractivity contribution is 7.10. The Morgan fingerprint density at radius 3 is 2.96 bits per heavy atom. The van der Waals surface area contributed by atoms with Gasteiger partial charge in [0.05, 0.1) is 12.2 Å². The number of β-amino-alcohol motifs (C(OH)–C–C–N with tert-alkyl or cyclic N) is 2. The second-order valence-electron chi connectivity index (χ2n) is 7.22. The number of aliphatic hydroxyl groups excluding tert-OH is 2. The zero-order chi connectivity index (χ0) is 18.1. The molecule has 2 aliphatic rings. The summed E-state index contributed by atoms with van der Waals surface area (Å²) in [5, 5.41) is 26.1. The van der Waals surface area contributed by atoms with Crippen molar-refractivity contribution in [2.24, 2.45) is 0 Å². The first-order chi connectivity index (χ1) is 12.6. The third kappa shape index (κ3) is 3.69. The Morgan fingerprint density at radius 2 is 2.19 bits per heavy atom. The molecule has 0 aliphatic carbocycles. The van der Waals surface area contributed by atoms with Crippen LogP contribution in [0.5, 0.6) is 0 Å². The fraction of sp³-hybridized carbons (Fsp3) is 0.450. The summed E-state index contributed by atoms with van der Waals surface area (Å²) >= 11 is 1.70. The molecule has 0 spiro atoms. The summed E-state index contributed by atoms with van der Waals surface area (Å²) in [4.78, 5) is 14.8. The van der Waals surface area contributed by atoms with E-state index in [0.29, 0.717) is 25.9 Å². The van der Waals surface area contributed by atoms with Gasteiger partial charge < -0.3 is 15.5 Å². The van der Waals surface area contributed by atoms with Gasteiger partial charge in [0.1, 0.15) is 0 Å². The average molecular weight is 372 g/mol. The maximum absolute atomic E-state index is 11.5. The molecule has 1 aromatic carbocycles. The van der Waals surface area contributed by atoms with Crippen molar-refractivity contribution < 1.29 is 15.0 Å². The van der Waals surface area contributed by atoms with E-state index in [9.17, 15) is 15.0 Å². The van der Waals surface area contributed by atoms with Crippen LogP contribution < -0.4 is 5.32 Å². The molecule has 0 bridgehead atoms. The Bertz CT molecular complexity index is 777. The zero-order valence-electron chi connectivity index (χ0n) is 14.6. The number of benzene rings is 1. The summed E-state index contributed by atoms with van der Waals surface area (Å²) in [5.41, 5.74) is 2.80. The lowest BCUT2D eigenvalue weighted by molar-refractivity contribution is -0.116. The van der Waals surface area contributed by atoms with Gasteiger partial charge in [0, 0.05) is 36.0 Å². The molecule has 1 aromatic heterocycles. The molecular formula is C20H24N2O3S. The SMILES string of the molecule is O=C1CCc2cc([C@H](O)CN3CCC(c4cccs4)C(O)C3)ccc2N1. The van der Waals surface area contributed by atoms with Crippen LogP contribution in [0.3, 0.4) is 0 Å². The van der Waals surface area contributed by atoms with Crippen LogP contribution in [0.2, 0.25) is 0 Å². The third-order valence-electron chi connectivity index (χ3n) is 5.42. The zero-order valence-corrected chi connectivity index (χ0v) is 15.4. The molecule has 1 amide bonds. The Morgan fingerprint density at radius 1 is 1.31 bits per heavy atom. The lowest BCUT2D eigenvalue weighted by Gasteiger charge is -2.36. The summed E-state index contributed by atoms with van der Waals surface area (Å²) in [6.07, 6.45) is 1.13. The number of nitrogens with one attached hydrogen (secondary N) is 1. The van der Waals surface area contributed by atoms with Crippen LogP contribution in [0.25, 0.3) is 0 Å². The van der Waals surface area contributed by atoms with Crippen LogP contribution in [0.15, 0.2) is 35.7 Å². The third-order valence-corrected chi connectivity index (χ3v) is 6.42. The lowest BCUT2D eigenvalue weighted by atomic mass is 9.92. The number of nitrogens with zero attached hydrogens (tertiary/aromatic N) is 1. The summed E-state index contributed by atoms with van der Waals surface area (Å²) in [6.45, 7) is 1.97. The van der Waals surface area contributed by atoms with Gasteiger partial charge in [-0.1, -0.05) is 18.2 Å². The van der Waals surface area contributed by atoms with E-state index in [0.717, 1.165) is 29.8 Å². The molecule has 5 nitrogen and oxygen atoms in total. The monoisotopic (exact) mass is 372 g/mol. The second-order valence-corrected chi connectivity index (χ2v) is 8.20. The highest BCUT2D eigenvalue weighted by Crippen LogP contribution is 2.32. The average Bonchev–Trinajstić information content (AvgIpc) is 3.15. The number of likely N-dealkylation sites (tertiary alicyclic amines) is 1. The topological polar surface area (TPSA) is 72.8 Å². The van der Waals surface area contributed by atoms with Crippen molar-refractivity contribution in [2.45, 2.75) is 37.4 Å². The Labute approximate surface area is 157 Å². The van der Waals surface area contributed by atoms with Gasteiger partial charge in [-0.2, -0.15) is 0 Å². The number of thiophene rings is 1. The van der Waals surface area contributed by atoms with E-state index in [1.165, 1.54) is 4.88 Å². The maximum atomic E-state index is 11.5. The molecule has 138 valence electrons. The molecular weight excluding hydrogens is 348 g/mol. The summed E-state index contributed by atoms with van der Waals surface area (Å²) < 4.78 is 0. The molecule has 2 aromatic rings. The van der Waals surface area contributed by atoms with E-state index in [1.807, 2.05) is 24.3 Å². The fourth-order valence-electron chi connectivity index (χ4n) is 3.96. The molecule has 2 unspecified atom stereocenters. The fourth-order valence-corrected chi connectivity index (χ4v) is 4.88. The number of piperidine rings is 1. The number of carbonyl (C=O) groups excluding carboxylic acids is 1. The smallest absolute Gasteiger partial charge is 0.224 e. The van der Waals surface area contributed by atoms with Crippen molar-refractivity contribution >= 4 is 22.9 Å². The first kappa shape index (κ1) is 17.7. The van der Waals surface area contributed by atoms with Crippen molar-refractivity contribution in [3.63, 3.8) is 0 Å². The Kier molecular flexibility index (Phi) is 5.09. The lowest BCUT2D eigenvalue weighted by Crippen LogP contribution is -2.44. The molecule has 26 heavy (non-hydrogen) atoms. The van der Waals surface area contributed by atoms with E-state index in [4.69, 9.17) is 0 Å². The summed E-state index contributed by atoms with van der Waals surface area (Å²) in [6, 6.07) is 9.87. The van der Waals surface area contributed by atoms with Gasteiger partial charge in [-0.25, -0.2) is 0 Å². The van der Waals surface area contributed by atoms with Crippen LogP contribution in [0.1, 0.15) is 40.9 Å². The highest BCUT2D eigenvalue weighted by Gasteiger charge is 2.30. The molecule has 1 fully saturated rings. The molecule has 0 radical (unpaired) electrons. The van der Waals surface area contributed by atoms with Gasteiger partial charge in [-0.05, 0) is 48.0 Å². The number of anilines is 1. The van der Waals surface area contributed by atoms with Crippen molar-refractivity contribution in [3.8, 4) is 0 Å². The standard InChI is InChI=1S/C20H24N2O3S/c23-17(14-3-5-16-13(10-14)4-6-20(25)21-16)11-22-8-7-15(18(24)12-22)19-2-1-9-26-19/h1-3,5,9-10,15,17-18,23-24H,4,6-8,11-12H2,(H,21,25)/t15?,17-,18?/m1/s1. The van der Waals surface area contributed by atoms with Crippen LogP contribution in [0.4, 0.5) is 5.69 Å². The Balaban J connectivity index is 1.38. The first-order valence-electron chi connectivity index (χ1n) is 9.14. The maximum Gasteiger partial charge on any atom is 0.224 e. The van der Waals surface area contributed by atoms with Crippen LogP contribution in [-0.4, -0.2) is 46.8 Å². The van der Waals surface area contributed by atoms with Crippen LogP contribution in [0, 0.1) is 0 Å². The van der Waals surface area contributed by atoms with E-state index in [-0.39, 0.29) is 11.8 Å². The van der Waals surface area contributed by atoms with Crippen LogP contribution in [-0.2, 0) is 11.2 Å². The van der Waals surface area contributed by atoms with Gasteiger partial charge in [0.15, 0.2) is 0 Å². The molecule has 1 saturated heterocycles. The summed E-state index contributed by atoms with van der Waals surface area (Å²) in [5.74, 6) is 0.254. The molecule has 4 rings (SSSR count). The quantitative estimate of drug-likeness (QED) is 0.771. The van der Waals surface area contributed by atoms with Crippen molar-refractivity contribution in [3.05, 3.63) is 51.7 Å². The summed E-state index contributed by atoms with van der Waals surface area (Å²) in [7, 11) is 0. The minimum absolute atomic E-state index is 0.0494. The van der Waals surface area contributed by atoms with Gasteiger partial charge in [-0.3, -0.25) is 9.69 Å². The first-order valence-corrected chi connectivity index (χ1v) is 10.0. The molecule has 3 atom stereocenters. The van der Waals surface area contributed by atoms with Crippen molar-refractivity contribution in [1.82, 2.24) is 4.90 Å². The van der Waals surface area contributed by atoms with E-state index < -0.39 is 12.2 Å². The molecule has 2 aliphatic heterocycles.